The molecule has 2 aliphatic rings. The molecule has 0 aromatic carbocycles. The molecule has 0 aromatic rings. The second kappa shape index (κ2) is 7.03. The van der Waals surface area contributed by atoms with Crippen molar-refractivity contribution in [1.29, 1.82) is 0 Å². The topological polar surface area (TPSA) is 210 Å². The molecular formula is C12H22O12. The molecule has 0 aliphatic carbocycles. The number of hydrogen-bond acceptors (Lipinski definition) is 12. The number of aliphatic hydroxyl groups excluding tert-OH is 8. The van der Waals surface area contributed by atoms with E-state index in [1.807, 2.05) is 0 Å². The second-order valence-corrected chi connectivity index (χ2v) is 5.78. The fraction of sp³-hybridized carbons (Fsp3) is 1.00. The van der Waals surface area contributed by atoms with Crippen LogP contribution in [-0.2, 0) is 14.2 Å². The van der Waals surface area contributed by atoms with Crippen LogP contribution in [-0.4, -0.2) is 120 Å². The summed E-state index contributed by atoms with van der Waals surface area (Å²) >= 11 is 0. The summed E-state index contributed by atoms with van der Waals surface area (Å²) in [6.07, 6.45) is -13.0. The zero-order chi connectivity index (χ0) is 18.3. The lowest BCUT2D eigenvalue weighted by Crippen LogP contribution is -2.68. The SMILES string of the molecule is OC[C@H]1O[C@](CO)(OC(O)[C@]2(O)OC[C@@H](O)[C@@H](O)[C@@H]2O)[C@@H](O)[C@@H]1O. The maximum Gasteiger partial charge on any atom is 0.247 e. The molecule has 0 radical (unpaired) electrons. The minimum atomic E-state index is -2.92. The molecule has 12 nitrogen and oxygen atoms in total. The van der Waals surface area contributed by atoms with Gasteiger partial charge in [0.25, 0.3) is 0 Å². The molecule has 2 rings (SSSR count). The maximum absolute atomic E-state index is 10.2. The van der Waals surface area contributed by atoms with Gasteiger partial charge in [-0.1, -0.05) is 0 Å². The Morgan fingerprint density at radius 3 is 2.17 bits per heavy atom. The van der Waals surface area contributed by atoms with Gasteiger partial charge in [0.05, 0.1) is 13.2 Å². The van der Waals surface area contributed by atoms with Gasteiger partial charge >= 0.3 is 0 Å². The van der Waals surface area contributed by atoms with Crippen LogP contribution in [0.1, 0.15) is 0 Å². The standard InChI is InChI=1S/C12H22O12/c13-1-5-7(17)8(18)11(3-14,23-5)24-10(20)12(21)9(19)6(16)4(15)2-22-12/h4-10,13-21H,1-3H2/t4-,5-,6-,7-,8+,9+,10?,11-,12-/m1/s1. The summed E-state index contributed by atoms with van der Waals surface area (Å²) in [5, 5.41) is 87.1. The minimum absolute atomic E-state index is 0.660. The highest BCUT2D eigenvalue weighted by Crippen LogP contribution is 2.36. The molecule has 0 bridgehead atoms. The molecule has 9 N–H and O–H groups in total. The fourth-order valence-electron chi connectivity index (χ4n) is 2.62. The van der Waals surface area contributed by atoms with Gasteiger partial charge in [0.2, 0.25) is 17.9 Å². The van der Waals surface area contributed by atoms with E-state index in [2.05, 4.69) is 0 Å². The monoisotopic (exact) mass is 358 g/mol. The van der Waals surface area contributed by atoms with Gasteiger partial charge in [0.1, 0.15) is 43.2 Å². The highest BCUT2D eigenvalue weighted by molar-refractivity contribution is 4.99. The van der Waals surface area contributed by atoms with E-state index < -0.39 is 74.3 Å². The molecule has 0 saturated carbocycles. The van der Waals surface area contributed by atoms with E-state index in [4.69, 9.17) is 19.3 Å². The van der Waals surface area contributed by atoms with Crippen molar-refractivity contribution < 1.29 is 60.2 Å². The third kappa shape index (κ3) is 3.05. The van der Waals surface area contributed by atoms with Crippen molar-refractivity contribution >= 4 is 0 Å². The minimum Gasteiger partial charge on any atom is -0.394 e. The van der Waals surface area contributed by atoms with Crippen LogP contribution in [0, 0.1) is 0 Å². The van der Waals surface area contributed by atoms with E-state index in [1.165, 1.54) is 0 Å². The van der Waals surface area contributed by atoms with Gasteiger partial charge in [-0.15, -0.1) is 0 Å². The summed E-state index contributed by atoms with van der Waals surface area (Å²) in [5.74, 6) is -5.36. The average Bonchev–Trinajstić information content (AvgIpc) is 2.81. The van der Waals surface area contributed by atoms with Gasteiger partial charge < -0.3 is 60.2 Å². The first-order valence-electron chi connectivity index (χ1n) is 7.15. The molecule has 24 heavy (non-hydrogen) atoms. The van der Waals surface area contributed by atoms with Crippen molar-refractivity contribution in [2.24, 2.45) is 0 Å². The van der Waals surface area contributed by atoms with Crippen LogP contribution in [0.5, 0.6) is 0 Å². The molecule has 0 amide bonds. The lowest BCUT2D eigenvalue weighted by molar-refractivity contribution is -0.431. The first kappa shape index (κ1) is 19.8. The Hall–Kier alpha value is -0.480. The molecule has 2 saturated heterocycles. The Morgan fingerprint density at radius 1 is 1.04 bits per heavy atom. The smallest absolute Gasteiger partial charge is 0.247 e. The summed E-state index contributed by atoms with van der Waals surface area (Å²) in [6, 6.07) is 0. The first-order valence-corrected chi connectivity index (χ1v) is 7.15. The number of hydrogen-bond donors (Lipinski definition) is 9. The van der Waals surface area contributed by atoms with Crippen LogP contribution >= 0.6 is 0 Å². The highest BCUT2D eigenvalue weighted by atomic mass is 16.8. The zero-order valence-electron chi connectivity index (χ0n) is 12.4. The van der Waals surface area contributed by atoms with E-state index in [0.29, 0.717) is 0 Å². The van der Waals surface area contributed by atoms with E-state index in [1.54, 1.807) is 0 Å². The number of ether oxygens (including phenoxy) is 3. The molecule has 142 valence electrons. The predicted octanol–water partition coefficient (Wildman–Crippen LogP) is -6.08. The zero-order valence-corrected chi connectivity index (χ0v) is 12.4. The van der Waals surface area contributed by atoms with Crippen LogP contribution in [0.25, 0.3) is 0 Å². The Bertz CT molecular complexity index is 436. The van der Waals surface area contributed by atoms with Crippen molar-refractivity contribution in [3.8, 4) is 0 Å². The normalized spacial score (nSPS) is 50.9. The summed E-state index contributed by atoms with van der Waals surface area (Å²) < 4.78 is 14.6. The molecule has 1 unspecified atom stereocenters. The van der Waals surface area contributed by atoms with Crippen molar-refractivity contribution in [2.45, 2.75) is 54.5 Å². The maximum atomic E-state index is 10.2. The molecule has 2 fully saturated rings. The van der Waals surface area contributed by atoms with Crippen molar-refractivity contribution in [3.63, 3.8) is 0 Å². The number of aliphatic hydroxyl groups is 9. The Kier molecular flexibility index (Phi) is 5.81. The van der Waals surface area contributed by atoms with Gasteiger partial charge in [0.15, 0.2) is 0 Å². The summed E-state index contributed by atoms with van der Waals surface area (Å²) in [4.78, 5) is 0. The average molecular weight is 358 g/mol. The Morgan fingerprint density at radius 2 is 1.67 bits per heavy atom. The summed E-state index contributed by atoms with van der Waals surface area (Å²) in [6.45, 7) is -2.50. The molecule has 2 aliphatic heterocycles. The van der Waals surface area contributed by atoms with Crippen molar-refractivity contribution in [1.82, 2.24) is 0 Å². The van der Waals surface area contributed by atoms with E-state index in [9.17, 15) is 40.9 Å². The largest absolute Gasteiger partial charge is 0.394 e. The quantitative estimate of drug-likeness (QED) is 0.210. The van der Waals surface area contributed by atoms with Gasteiger partial charge in [-0.25, -0.2) is 0 Å². The van der Waals surface area contributed by atoms with Crippen LogP contribution in [0.4, 0.5) is 0 Å². The number of rotatable bonds is 5. The lowest BCUT2D eigenvalue weighted by atomic mass is 9.96. The molecule has 2 heterocycles. The van der Waals surface area contributed by atoms with Crippen LogP contribution in [0.2, 0.25) is 0 Å². The fourth-order valence-corrected chi connectivity index (χ4v) is 2.62. The second-order valence-electron chi connectivity index (χ2n) is 5.78. The Balaban J connectivity index is 2.19. The first-order chi connectivity index (χ1) is 11.1. The molecule has 12 heteroatoms. The highest BCUT2D eigenvalue weighted by Gasteiger charge is 2.61. The van der Waals surface area contributed by atoms with Gasteiger partial charge in [0, 0.05) is 0 Å². The van der Waals surface area contributed by atoms with Gasteiger partial charge in [-0.05, 0) is 0 Å². The summed E-state index contributed by atoms with van der Waals surface area (Å²) in [5.41, 5.74) is 0. The molecule has 0 aromatic heterocycles. The van der Waals surface area contributed by atoms with E-state index >= 15 is 0 Å². The Labute approximate surface area is 135 Å². The van der Waals surface area contributed by atoms with E-state index in [-0.39, 0.29) is 0 Å². The van der Waals surface area contributed by atoms with Crippen LogP contribution < -0.4 is 0 Å². The van der Waals surface area contributed by atoms with Gasteiger partial charge in [-0.2, -0.15) is 0 Å². The van der Waals surface area contributed by atoms with E-state index in [0.717, 1.165) is 0 Å². The molecule has 9 atom stereocenters. The molecule has 0 spiro atoms. The molecular weight excluding hydrogens is 336 g/mol. The third-order valence-electron chi connectivity index (χ3n) is 4.20. The van der Waals surface area contributed by atoms with Crippen molar-refractivity contribution in [2.75, 3.05) is 19.8 Å². The van der Waals surface area contributed by atoms with Crippen LogP contribution in [0.15, 0.2) is 0 Å². The summed E-state index contributed by atoms with van der Waals surface area (Å²) in [7, 11) is 0. The van der Waals surface area contributed by atoms with Gasteiger partial charge in [-0.3, -0.25) is 0 Å². The predicted molar refractivity (Wildman–Crippen MR) is 69.8 cm³/mol. The lowest BCUT2D eigenvalue weighted by Gasteiger charge is -2.45. The third-order valence-corrected chi connectivity index (χ3v) is 4.20. The van der Waals surface area contributed by atoms with Crippen molar-refractivity contribution in [3.05, 3.63) is 0 Å². The van der Waals surface area contributed by atoms with Crippen LogP contribution in [0.3, 0.4) is 0 Å².